The lowest BCUT2D eigenvalue weighted by molar-refractivity contribution is -0.116. The normalized spacial score (nSPS) is 12.1. The Kier molecular flexibility index (Phi) is 6.87. The van der Waals surface area contributed by atoms with Crippen LogP contribution in [0.25, 0.3) is 16.8 Å². The average molecular weight is 391 g/mol. The molecule has 0 saturated carbocycles. The van der Waals surface area contributed by atoms with Gasteiger partial charge in [0.1, 0.15) is 0 Å². The first-order chi connectivity index (χ1) is 14.1. The number of carbonyl (C=O) groups is 1. The Labute approximate surface area is 170 Å². The topological polar surface area (TPSA) is 67.8 Å². The van der Waals surface area contributed by atoms with E-state index >= 15 is 0 Å². The van der Waals surface area contributed by atoms with Crippen molar-refractivity contribution in [3.8, 4) is 11.5 Å². The van der Waals surface area contributed by atoms with E-state index in [9.17, 15) is 9.90 Å². The van der Waals surface area contributed by atoms with Crippen LogP contribution in [0, 0.1) is 0 Å². The molecular weight excluding hydrogens is 366 g/mol. The minimum Gasteiger partial charge on any atom is -0.493 e. The molecule has 2 N–H and O–H groups in total. The van der Waals surface area contributed by atoms with Gasteiger partial charge in [-0.25, -0.2) is 0 Å². The van der Waals surface area contributed by atoms with Crippen LogP contribution >= 0.6 is 0 Å². The summed E-state index contributed by atoms with van der Waals surface area (Å²) < 4.78 is 10.5. The third-order valence-corrected chi connectivity index (χ3v) is 4.73. The molecule has 0 heterocycles. The molecule has 150 valence electrons. The number of benzene rings is 3. The van der Waals surface area contributed by atoms with Crippen LogP contribution in [0.1, 0.15) is 23.7 Å². The number of rotatable bonds is 8. The van der Waals surface area contributed by atoms with Crippen LogP contribution in [0.5, 0.6) is 11.5 Å². The number of carbonyl (C=O) groups excluding carboxylic acids is 1. The summed E-state index contributed by atoms with van der Waals surface area (Å²) in [7, 11) is 3.15. The van der Waals surface area contributed by atoms with Gasteiger partial charge in [-0.15, -0.1) is 0 Å². The Bertz CT molecular complexity index is 1010. The van der Waals surface area contributed by atoms with E-state index in [4.69, 9.17) is 9.47 Å². The summed E-state index contributed by atoms with van der Waals surface area (Å²) in [6.45, 7) is 0.374. The fraction of sp³-hybridized carbons (Fsp3) is 0.208. The Morgan fingerprint density at radius 1 is 1.03 bits per heavy atom. The van der Waals surface area contributed by atoms with Crippen LogP contribution in [-0.2, 0) is 4.79 Å². The second-order valence-electron chi connectivity index (χ2n) is 6.61. The number of aliphatic hydroxyl groups excluding tert-OH is 1. The highest BCUT2D eigenvalue weighted by Gasteiger charge is 2.11. The van der Waals surface area contributed by atoms with Crippen molar-refractivity contribution in [2.45, 2.75) is 12.5 Å². The van der Waals surface area contributed by atoms with Crippen LogP contribution in [-0.4, -0.2) is 31.8 Å². The summed E-state index contributed by atoms with van der Waals surface area (Å²) in [5.41, 5.74) is 1.70. The van der Waals surface area contributed by atoms with Gasteiger partial charge in [0.05, 0.1) is 20.3 Å². The van der Waals surface area contributed by atoms with Crippen molar-refractivity contribution >= 4 is 22.8 Å². The van der Waals surface area contributed by atoms with Crippen LogP contribution in [0.2, 0.25) is 0 Å². The lowest BCUT2D eigenvalue weighted by Crippen LogP contribution is -2.23. The van der Waals surface area contributed by atoms with E-state index in [2.05, 4.69) is 5.32 Å². The molecule has 3 rings (SSSR count). The minimum atomic E-state index is -0.642. The second-order valence-corrected chi connectivity index (χ2v) is 6.61. The molecule has 1 atom stereocenters. The summed E-state index contributed by atoms with van der Waals surface area (Å²) in [6.07, 6.45) is 2.96. The zero-order valence-corrected chi connectivity index (χ0v) is 16.6. The average Bonchev–Trinajstić information content (AvgIpc) is 2.76. The summed E-state index contributed by atoms with van der Waals surface area (Å²) >= 11 is 0. The number of hydrogen-bond donors (Lipinski definition) is 2. The molecule has 0 saturated heterocycles. The van der Waals surface area contributed by atoms with Gasteiger partial charge in [-0.05, 0) is 46.5 Å². The Balaban J connectivity index is 1.55. The highest BCUT2D eigenvalue weighted by molar-refractivity contribution is 5.91. The first kappa shape index (κ1) is 20.4. The first-order valence-corrected chi connectivity index (χ1v) is 9.46. The van der Waals surface area contributed by atoms with Crippen molar-refractivity contribution in [1.82, 2.24) is 5.32 Å². The van der Waals surface area contributed by atoms with Gasteiger partial charge in [0.2, 0.25) is 5.91 Å². The molecule has 0 radical (unpaired) electrons. The van der Waals surface area contributed by atoms with Crippen molar-refractivity contribution in [2.24, 2.45) is 0 Å². The van der Waals surface area contributed by atoms with E-state index in [-0.39, 0.29) is 5.91 Å². The smallest absolute Gasteiger partial charge is 0.244 e. The standard InChI is InChI=1S/C24H25NO4/c1-28-22-12-10-17(16-23(22)29-2)11-13-24(27)25-15-14-21(26)20-9-5-7-18-6-3-4-8-19(18)20/h3-13,16,21,26H,14-15H2,1-2H3,(H,25,27)/b13-11+. The van der Waals surface area contributed by atoms with E-state index in [1.807, 2.05) is 48.5 Å². The lowest BCUT2D eigenvalue weighted by Gasteiger charge is -2.14. The second kappa shape index (κ2) is 9.75. The molecule has 0 fully saturated rings. The number of fused-ring (bicyclic) bond motifs is 1. The van der Waals surface area contributed by atoms with E-state index in [0.29, 0.717) is 24.5 Å². The predicted molar refractivity (Wildman–Crippen MR) is 115 cm³/mol. The summed E-state index contributed by atoms with van der Waals surface area (Å²) in [5, 5.41) is 15.5. The zero-order chi connectivity index (χ0) is 20.6. The Hall–Kier alpha value is -3.31. The highest BCUT2D eigenvalue weighted by atomic mass is 16.5. The Morgan fingerprint density at radius 3 is 2.59 bits per heavy atom. The Morgan fingerprint density at radius 2 is 1.79 bits per heavy atom. The fourth-order valence-corrected chi connectivity index (χ4v) is 3.22. The van der Waals surface area contributed by atoms with Gasteiger partial charge in [-0.3, -0.25) is 4.79 Å². The molecule has 3 aromatic carbocycles. The molecule has 0 aliphatic heterocycles. The first-order valence-electron chi connectivity index (χ1n) is 9.46. The van der Waals surface area contributed by atoms with E-state index in [0.717, 1.165) is 21.9 Å². The molecule has 0 aliphatic carbocycles. The van der Waals surface area contributed by atoms with Gasteiger partial charge in [0.25, 0.3) is 0 Å². The molecule has 0 bridgehead atoms. The third-order valence-electron chi connectivity index (χ3n) is 4.73. The molecule has 3 aromatic rings. The summed E-state index contributed by atoms with van der Waals surface area (Å²) in [6, 6.07) is 19.3. The monoisotopic (exact) mass is 391 g/mol. The molecule has 0 spiro atoms. The quantitative estimate of drug-likeness (QED) is 0.567. The van der Waals surface area contributed by atoms with Crippen molar-refractivity contribution in [3.05, 3.63) is 77.9 Å². The highest BCUT2D eigenvalue weighted by Crippen LogP contribution is 2.28. The van der Waals surface area contributed by atoms with Crippen LogP contribution in [0.3, 0.4) is 0 Å². The van der Waals surface area contributed by atoms with Crippen molar-refractivity contribution < 1.29 is 19.4 Å². The molecule has 1 unspecified atom stereocenters. The third kappa shape index (κ3) is 5.15. The van der Waals surface area contributed by atoms with Crippen LogP contribution in [0.4, 0.5) is 0 Å². The van der Waals surface area contributed by atoms with Gasteiger partial charge in [-0.2, -0.15) is 0 Å². The van der Waals surface area contributed by atoms with Gasteiger partial charge in [0.15, 0.2) is 11.5 Å². The van der Waals surface area contributed by atoms with E-state index in [1.165, 1.54) is 6.08 Å². The SMILES string of the molecule is COc1ccc(/C=C/C(=O)NCCC(O)c2cccc3ccccc23)cc1OC. The predicted octanol–water partition coefficient (Wildman–Crippen LogP) is 4.11. The van der Waals surface area contributed by atoms with Crippen LogP contribution < -0.4 is 14.8 Å². The minimum absolute atomic E-state index is 0.218. The van der Waals surface area contributed by atoms with Crippen molar-refractivity contribution in [3.63, 3.8) is 0 Å². The van der Waals surface area contributed by atoms with Crippen molar-refractivity contribution in [2.75, 3.05) is 20.8 Å². The maximum absolute atomic E-state index is 12.1. The lowest BCUT2D eigenvalue weighted by atomic mass is 9.99. The molecule has 5 heteroatoms. The maximum atomic E-state index is 12.1. The van der Waals surface area contributed by atoms with Gasteiger partial charge in [-0.1, -0.05) is 48.5 Å². The molecule has 1 amide bonds. The molecule has 5 nitrogen and oxygen atoms in total. The molecule has 29 heavy (non-hydrogen) atoms. The number of methoxy groups -OCH3 is 2. The van der Waals surface area contributed by atoms with Crippen LogP contribution in [0.15, 0.2) is 66.7 Å². The number of amides is 1. The van der Waals surface area contributed by atoms with Gasteiger partial charge in [0, 0.05) is 12.6 Å². The fourth-order valence-electron chi connectivity index (χ4n) is 3.22. The van der Waals surface area contributed by atoms with Crippen molar-refractivity contribution in [1.29, 1.82) is 0 Å². The van der Waals surface area contributed by atoms with E-state index < -0.39 is 6.10 Å². The summed E-state index contributed by atoms with van der Waals surface area (Å²) in [5.74, 6) is 1.02. The van der Waals surface area contributed by atoms with Gasteiger partial charge >= 0.3 is 0 Å². The number of ether oxygens (including phenoxy) is 2. The summed E-state index contributed by atoms with van der Waals surface area (Å²) in [4.78, 5) is 12.1. The largest absolute Gasteiger partial charge is 0.493 e. The number of hydrogen-bond acceptors (Lipinski definition) is 4. The molecule has 0 aliphatic rings. The number of nitrogens with one attached hydrogen (secondary N) is 1. The molecule has 0 aromatic heterocycles. The zero-order valence-electron chi connectivity index (χ0n) is 16.6. The number of aliphatic hydroxyl groups is 1. The maximum Gasteiger partial charge on any atom is 0.244 e. The van der Waals surface area contributed by atoms with E-state index in [1.54, 1.807) is 32.4 Å². The van der Waals surface area contributed by atoms with Gasteiger partial charge < -0.3 is 19.9 Å². The molecular formula is C24H25NO4.